The molecule has 266 valence electrons. The van der Waals surface area contributed by atoms with Crippen molar-refractivity contribution in [2.45, 2.75) is 69.8 Å². The first-order valence-corrected chi connectivity index (χ1v) is 17.9. The molecule has 50 heavy (non-hydrogen) atoms. The third kappa shape index (κ3) is 9.58. The van der Waals surface area contributed by atoms with E-state index in [1.165, 1.54) is 23.5 Å². The van der Waals surface area contributed by atoms with Crippen molar-refractivity contribution in [2.75, 3.05) is 18.4 Å². The fourth-order valence-electron chi connectivity index (χ4n) is 5.73. The van der Waals surface area contributed by atoms with E-state index in [-0.39, 0.29) is 37.0 Å². The minimum absolute atomic E-state index is 0.0232. The van der Waals surface area contributed by atoms with Crippen molar-refractivity contribution in [1.82, 2.24) is 15.6 Å². The number of fused-ring (bicyclic) bond motifs is 1. The van der Waals surface area contributed by atoms with Crippen LogP contribution in [0, 0.1) is 5.92 Å². The summed E-state index contributed by atoms with van der Waals surface area (Å²) in [5, 5.41) is 62.0. The molecule has 0 saturated carbocycles. The van der Waals surface area contributed by atoms with Gasteiger partial charge in [-0.2, -0.15) is 0 Å². The first kappa shape index (κ1) is 37.2. The standard InChI is InChI=1S/C36H42BrN5O7S/c1-36(2,3)21-10-20(11-22(37)14-21)32(26(34(48)49)16-29(46)33-41-27-6-4-5-7-30(27)50-33)42-31(47)9-8-28(45)19-12-23(15-24(43)13-19)40-35-38-17-25(44)18-39-35/h4-7,10-15,25-26,28-29,32,43-46H,8-9,16-18H2,1-3H3,(H,42,47)(H,48,49)(H2,38,39,40)/t26-,28?,29?,32?/m0/s1. The molecular formula is C36H42BrN5O7S. The highest BCUT2D eigenvalue weighted by Gasteiger charge is 2.35. The number of carbonyl (C=O) groups is 2. The molecule has 0 fully saturated rings. The molecular weight excluding hydrogens is 726 g/mol. The number of aliphatic hydroxyl groups excluding tert-OH is 3. The van der Waals surface area contributed by atoms with Gasteiger partial charge in [-0.15, -0.1) is 11.3 Å². The highest BCUT2D eigenvalue weighted by molar-refractivity contribution is 9.10. The predicted octanol–water partition coefficient (Wildman–Crippen LogP) is 5.29. The van der Waals surface area contributed by atoms with E-state index in [4.69, 9.17) is 0 Å². The Bertz CT molecular complexity index is 1840. The number of thiazole rings is 1. The quantitative estimate of drug-likeness (QED) is 0.0938. The van der Waals surface area contributed by atoms with Crippen LogP contribution in [-0.4, -0.2) is 67.5 Å². The number of hydrogen-bond donors (Lipinski definition) is 8. The second-order valence-electron chi connectivity index (χ2n) is 13.5. The number of para-hydroxylation sites is 1. The fraction of sp³-hybridized carbons (Fsp3) is 0.389. The van der Waals surface area contributed by atoms with Crippen LogP contribution in [0.5, 0.6) is 5.75 Å². The third-order valence-electron chi connectivity index (χ3n) is 8.45. The summed E-state index contributed by atoms with van der Waals surface area (Å²) >= 11 is 4.85. The Hall–Kier alpha value is -4.08. The number of aromatic hydroxyl groups is 1. The van der Waals surface area contributed by atoms with Gasteiger partial charge in [-0.25, -0.2) is 4.98 Å². The minimum atomic E-state index is -1.23. The summed E-state index contributed by atoms with van der Waals surface area (Å²) < 4.78 is 1.58. The maximum absolute atomic E-state index is 13.5. The van der Waals surface area contributed by atoms with E-state index in [0.29, 0.717) is 44.3 Å². The number of guanidine groups is 1. The van der Waals surface area contributed by atoms with E-state index in [0.717, 1.165) is 10.3 Å². The lowest BCUT2D eigenvalue weighted by Crippen LogP contribution is -2.42. The molecule has 0 aliphatic carbocycles. The van der Waals surface area contributed by atoms with E-state index < -0.39 is 42.1 Å². The van der Waals surface area contributed by atoms with Crippen LogP contribution in [0.2, 0.25) is 0 Å². The Morgan fingerprint density at radius 3 is 2.50 bits per heavy atom. The van der Waals surface area contributed by atoms with Crippen molar-refractivity contribution in [3.8, 4) is 5.75 Å². The van der Waals surface area contributed by atoms with Crippen molar-refractivity contribution in [3.63, 3.8) is 0 Å². The minimum Gasteiger partial charge on any atom is -0.508 e. The van der Waals surface area contributed by atoms with Crippen molar-refractivity contribution in [1.29, 1.82) is 0 Å². The van der Waals surface area contributed by atoms with Crippen LogP contribution in [0.1, 0.15) is 80.0 Å². The molecule has 5 rings (SSSR count). The molecule has 5 atom stereocenters. The Labute approximate surface area is 302 Å². The average Bonchev–Trinajstić information content (AvgIpc) is 3.50. The molecule has 4 unspecified atom stereocenters. The van der Waals surface area contributed by atoms with E-state index in [9.17, 15) is 35.1 Å². The number of β-amino-alcohol motifs (C(OH)–C–C–N with tert-alkyl or cyclic N) is 1. The van der Waals surface area contributed by atoms with Gasteiger partial charge in [0.1, 0.15) is 16.9 Å². The van der Waals surface area contributed by atoms with E-state index in [2.05, 4.69) is 41.9 Å². The van der Waals surface area contributed by atoms with Gasteiger partial charge in [-0.05, 0) is 71.3 Å². The molecule has 2 heterocycles. The van der Waals surface area contributed by atoms with Crippen LogP contribution in [0.15, 0.2) is 70.1 Å². The number of carboxylic acids is 1. The number of nitrogens with one attached hydrogen (secondary N) is 3. The number of phenolic OH excluding ortho intramolecular Hbond substituents is 1. The molecule has 12 nitrogen and oxygen atoms in total. The Morgan fingerprint density at radius 1 is 1.06 bits per heavy atom. The lowest BCUT2D eigenvalue weighted by molar-refractivity contribution is -0.144. The molecule has 0 bridgehead atoms. The number of hydrogen-bond acceptors (Lipinski definition) is 11. The van der Waals surface area contributed by atoms with Gasteiger partial charge in [0.05, 0.1) is 40.9 Å². The molecule has 0 spiro atoms. The SMILES string of the molecule is CC(C)(C)c1cc(Br)cc(C(NC(=O)CCC(O)c2cc(O)cc(NC3=NCC(O)CN3)c2)[C@H](CC(O)c2nc3ccccc3s2)C(=O)O)c1. The number of aliphatic hydroxyl groups is 3. The van der Waals surface area contributed by atoms with Crippen molar-refractivity contribution in [3.05, 3.63) is 86.8 Å². The normalized spacial score (nSPS) is 17.3. The van der Waals surface area contributed by atoms with Crippen molar-refractivity contribution in [2.24, 2.45) is 10.9 Å². The molecule has 14 heteroatoms. The van der Waals surface area contributed by atoms with Crippen LogP contribution in [0.4, 0.5) is 5.69 Å². The number of carbonyl (C=O) groups excluding carboxylic acids is 1. The Kier molecular flexibility index (Phi) is 11.8. The first-order chi connectivity index (χ1) is 23.7. The Balaban J connectivity index is 1.35. The van der Waals surface area contributed by atoms with Crippen LogP contribution in [0.25, 0.3) is 10.2 Å². The zero-order chi connectivity index (χ0) is 36.2. The average molecular weight is 769 g/mol. The number of aliphatic imine (C=N–C) groups is 1. The zero-order valence-corrected chi connectivity index (χ0v) is 30.3. The second-order valence-corrected chi connectivity index (χ2v) is 15.5. The van der Waals surface area contributed by atoms with Crippen molar-refractivity contribution < 1.29 is 35.1 Å². The lowest BCUT2D eigenvalue weighted by Gasteiger charge is -2.29. The number of phenols is 1. The van der Waals surface area contributed by atoms with Gasteiger partial charge in [-0.1, -0.05) is 54.9 Å². The summed E-state index contributed by atoms with van der Waals surface area (Å²) in [6, 6.07) is 16.5. The second kappa shape index (κ2) is 15.9. The van der Waals surface area contributed by atoms with Crippen LogP contribution in [-0.2, 0) is 15.0 Å². The van der Waals surface area contributed by atoms with Gasteiger partial charge in [0.15, 0.2) is 5.96 Å². The van der Waals surface area contributed by atoms with Crippen molar-refractivity contribution >= 4 is 61.0 Å². The number of rotatable bonds is 12. The summed E-state index contributed by atoms with van der Waals surface area (Å²) in [5.41, 5.74) is 2.71. The largest absolute Gasteiger partial charge is 0.508 e. The highest BCUT2D eigenvalue weighted by atomic mass is 79.9. The van der Waals surface area contributed by atoms with Crippen LogP contribution >= 0.6 is 27.3 Å². The molecule has 1 aromatic heterocycles. The molecule has 1 aliphatic heterocycles. The van der Waals surface area contributed by atoms with Gasteiger partial charge in [-0.3, -0.25) is 14.6 Å². The summed E-state index contributed by atoms with van der Waals surface area (Å²) in [6.45, 7) is 6.64. The molecule has 0 saturated heterocycles. The number of aliphatic carboxylic acids is 1. The molecule has 4 aromatic rings. The number of aromatic nitrogens is 1. The topological polar surface area (TPSA) is 197 Å². The van der Waals surface area contributed by atoms with Crippen LogP contribution < -0.4 is 16.0 Å². The lowest BCUT2D eigenvalue weighted by atomic mass is 9.82. The molecule has 1 amide bonds. The molecule has 8 N–H and O–H groups in total. The predicted molar refractivity (Wildman–Crippen MR) is 196 cm³/mol. The van der Waals surface area contributed by atoms with E-state index in [1.807, 2.05) is 57.2 Å². The molecule has 3 aromatic carbocycles. The third-order valence-corrected chi connectivity index (χ3v) is 10.0. The maximum Gasteiger partial charge on any atom is 0.309 e. The summed E-state index contributed by atoms with van der Waals surface area (Å²) in [5.74, 6) is -2.62. The smallest absolute Gasteiger partial charge is 0.309 e. The summed E-state index contributed by atoms with van der Waals surface area (Å²) in [4.78, 5) is 35.2. The fourth-order valence-corrected chi connectivity index (χ4v) is 7.20. The number of halogens is 1. The number of amides is 1. The Morgan fingerprint density at radius 2 is 1.82 bits per heavy atom. The van der Waals surface area contributed by atoms with Gasteiger partial charge in [0.2, 0.25) is 5.91 Å². The summed E-state index contributed by atoms with van der Waals surface area (Å²) in [6.07, 6.45) is -3.31. The van der Waals surface area contributed by atoms with Gasteiger partial charge in [0, 0.05) is 29.2 Å². The molecule has 1 aliphatic rings. The number of carboxylic acid groups (broad SMARTS) is 1. The van der Waals surface area contributed by atoms with Crippen LogP contribution in [0.3, 0.4) is 0 Å². The maximum atomic E-state index is 13.5. The van der Waals surface area contributed by atoms with E-state index in [1.54, 1.807) is 12.1 Å². The first-order valence-electron chi connectivity index (χ1n) is 16.3. The van der Waals surface area contributed by atoms with Gasteiger partial charge < -0.3 is 41.5 Å². The van der Waals surface area contributed by atoms with Gasteiger partial charge in [0.25, 0.3) is 0 Å². The number of benzene rings is 3. The highest BCUT2D eigenvalue weighted by Crippen LogP contribution is 2.37. The summed E-state index contributed by atoms with van der Waals surface area (Å²) in [7, 11) is 0. The zero-order valence-electron chi connectivity index (χ0n) is 27.9. The number of anilines is 1. The van der Waals surface area contributed by atoms with E-state index >= 15 is 0 Å². The monoisotopic (exact) mass is 767 g/mol. The molecule has 0 radical (unpaired) electrons. The van der Waals surface area contributed by atoms with Gasteiger partial charge >= 0.3 is 5.97 Å². The number of nitrogens with zero attached hydrogens (tertiary/aromatic N) is 2.